The van der Waals surface area contributed by atoms with E-state index in [2.05, 4.69) is 5.32 Å². The highest BCUT2D eigenvalue weighted by Gasteiger charge is 2.24. The minimum Gasteiger partial charge on any atom is -0.495 e. The highest BCUT2D eigenvalue weighted by molar-refractivity contribution is 6.31. The molecular weight excluding hydrogens is 304 g/mol. The molecule has 0 aromatic heterocycles. The van der Waals surface area contributed by atoms with Gasteiger partial charge in [-0.25, -0.2) is 0 Å². The number of carbonyl (C=O) groups excluding carboxylic acids is 2. The van der Waals surface area contributed by atoms with Crippen molar-refractivity contribution in [2.45, 2.75) is 39.7 Å². The third-order valence-electron chi connectivity index (χ3n) is 3.19. The third kappa shape index (κ3) is 5.22. The predicted octanol–water partition coefficient (Wildman–Crippen LogP) is 3.32. The second-order valence-electron chi connectivity index (χ2n) is 5.98. The Labute approximate surface area is 136 Å². The molecule has 0 heterocycles. The summed E-state index contributed by atoms with van der Waals surface area (Å²) >= 11 is 5.93. The average Bonchev–Trinajstić information content (AvgIpc) is 2.37. The number of amides is 2. The molecule has 2 amide bonds. The van der Waals surface area contributed by atoms with Crippen molar-refractivity contribution in [1.29, 1.82) is 0 Å². The molecule has 1 aromatic carbocycles. The molecule has 22 heavy (non-hydrogen) atoms. The zero-order valence-electron chi connectivity index (χ0n) is 13.7. The van der Waals surface area contributed by atoms with Crippen LogP contribution in [0.15, 0.2) is 18.2 Å². The fourth-order valence-corrected chi connectivity index (χ4v) is 2.34. The predicted molar refractivity (Wildman–Crippen MR) is 88.4 cm³/mol. The van der Waals surface area contributed by atoms with Gasteiger partial charge in [0.15, 0.2) is 0 Å². The molecule has 0 unspecified atom stereocenters. The lowest BCUT2D eigenvalue weighted by molar-refractivity contribution is -0.134. The molecule has 0 saturated heterocycles. The molecule has 122 valence electrons. The zero-order valence-corrected chi connectivity index (χ0v) is 14.5. The summed E-state index contributed by atoms with van der Waals surface area (Å²) in [6.07, 6.45) is 0.201. The second-order valence-corrected chi connectivity index (χ2v) is 6.42. The van der Waals surface area contributed by atoms with Gasteiger partial charge in [0.05, 0.1) is 12.8 Å². The molecule has 0 aliphatic carbocycles. The molecular formula is C16H23ClN2O3. The van der Waals surface area contributed by atoms with Gasteiger partial charge < -0.3 is 15.0 Å². The fourth-order valence-electron chi connectivity index (χ4n) is 2.17. The van der Waals surface area contributed by atoms with E-state index in [-0.39, 0.29) is 23.8 Å². The molecule has 0 bridgehead atoms. The van der Waals surface area contributed by atoms with Gasteiger partial charge in [0, 0.05) is 30.5 Å². The largest absolute Gasteiger partial charge is 0.495 e. The Balaban J connectivity index is 2.71. The maximum Gasteiger partial charge on any atom is 0.226 e. The van der Waals surface area contributed by atoms with Crippen molar-refractivity contribution in [3.05, 3.63) is 23.2 Å². The van der Waals surface area contributed by atoms with Crippen LogP contribution in [0.3, 0.4) is 0 Å². The lowest BCUT2D eigenvalue weighted by Crippen LogP contribution is -2.45. The van der Waals surface area contributed by atoms with Crippen LogP contribution in [0.1, 0.15) is 34.1 Å². The van der Waals surface area contributed by atoms with Crippen LogP contribution in [0.25, 0.3) is 0 Å². The minimum atomic E-state index is -0.320. The lowest BCUT2D eigenvalue weighted by atomic mass is 10.1. The van der Waals surface area contributed by atoms with E-state index in [0.717, 1.165) is 0 Å². The summed E-state index contributed by atoms with van der Waals surface area (Å²) in [6, 6.07) is 5.01. The van der Waals surface area contributed by atoms with Crippen molar-refractivity contribution in [2.24, 2.45) is 0 Å². The highest BCUT2D eigenvalue weighted by Crippen LogP contribution is 2.27. The van der Waals surface area contributed by atoms with E-state index >= 15 is 0 Å². The normalized spacial score (nSPS) is 11.0. The molecule has 0 fully saturated rings. The van der Waals surface area contributed by atoms with E-state index in [1.165, 1.54) is 14.0 Å². The van der Waals surface area contributed by atoms with Gasteiger partial charge >= 0.3 is 0 Å². The first-order valence-electron chi connectivity index (χ1n) is 7.06. The van der Waals surface area contributed by atoms with Crippen molar-refractivity contribution in [1.82, 2.24) is 4.90 Å². The average molecular weight is 327 g/mol. The van der Waals surface area contributed by atoms with E-state index in [9.17, 15) is 9.59 Å². The number of hydrogen-bond acceptors (Lipinski definition) is 3. The first-order valence-corrected chi connectivity index (χ1v) is 7.44. The van der Waals surface area contributed by atoms with Crippen LogP contribution in [0, 0.1) is 0 Å². The summed E-state index contributed by atoms with van der Waals surface area (Å²) in [5.41, 5.74) is 0.199. The number of nitrogens with zero attached hydrogens (tertiary/aromatic N) is 1. The molecule has 0 atom stereocenters. The Morgan fingerprint density at radius 1 is 1.32 bits per heavy atom. The minimum absolute atomic E-state index is 0.0550. The third-order valence-corrected chi connectivity index (χ3v) is 3.42. The fraction of sp³-hybridized carbons (Fsp3) is 0.500. The van der Waals surface area contributed by atoms with Crippen molar-refractivity contribution < 1.29 is 14.3 Å². The number of methoxy groups -OCH3 is 1. The summed E-state index contributed by atoms with van der Waals surface area (Å²) in [5.74, 6) is 0.286. The second kappa shape index (κ2) is 7.49. The van der Waals surface area contributed by atoms with Crippen molar-refractivity contribution in [2.75, 3.05) is 19.0 Å². The molecule has 0 aliphatic heterocycles. The Hall–Kier alpha value is -1.75. The molecule has 5 nitrogen and oxygen atoms in total. The first-order chi connectivity index (χ1) is 10.1. The number of anilines is 1. The molecule has 6 heteroatoms. The van der Waals surface area contributed by atoms with Crippen LogP contribution in [-0.4, -0.2) is 35.9 Å². The number of nitrogens with one attached hydrogen (secondary N) is 1. The van der Waals surface area contributed by atoms with E-state index in [1.54, 1.807) is 23.1 Å². The number of hydrogen-bond donors (Lipinski definition) is 1. The summed E-state index contributed by atoms with van der Waals surface area (Å²) in [4.78, 5) is 25.4. The van der Waals surface area contributed by atoms with Crippen molar-refractivity contribution in [3.63, 3.8) is 0 Å². The van der Waals surface area contributed by atoms with Crippen LogP contribution in [0.2, 0.25) is 5.02 Å². The standard InChI is InChI=1S/C16H23ClN2O3/c1-11(20)19(16(2,3)4)9-8-15(21)18-13-10-12(17)6-7-14(13)22-5/h6-7,10H,8-9H2,1-5H3,(H,18,21). The summed E-state index contributed by atoms with van der Waals surface area (Å²) < 4.78 is 5.18. The Morgan fingerprint density at radius 3 is 2.45 bits per heavy atom. The summed E-state index contributed by atoms with van der Waals surface area (Å²) in [7, 11) is 1.52. The van der Waals surface area contributed by atoms with Gasteiger partial charge in [0.1, 0.15) is 5.75 Å². The Kier molecular flexibility index (Phi) is 6.23. The van der Waals surface area contributed by atoms with Gasteiger partial charge in [0.25, 0.3) is 0 Å². The molecule has 1 rings (SSSR count). The van der Waals surface area contributed by atoms with Gasteiger partial charge in [-0.15, -0.1) is 0 Å². The number of carbonyl (C=O) groups is 2. The SMILES string of the molecule is COc1ccc(Cl)cc1NC(=O)CCN(C(C)=O)C(C)(C)C. The number of rotatable bonds is 5. The molecule has 1 aromatic rings. The highest BCUT2D eigenvalue weighted by atomic mass is 35.5. The Bertz CT molecular complexity index is 553. The lowest BCUT2D eigenvalue weighted by Gasteiger charge is -2.34. The topological polar surface area (TPSA) is 58.6 Å². The quantitative estimate of drug-likeness (QED) is 0.903. The molecule has 0 aliphatic rings. The zero-order chi connectivity index (χ0) is 16.9. The maximum absolute atomic E-state index is 12.1. The van der Waals surface area contributed by atoms with Crippen LogP contribution in [-0.2, 0) is 9.59 Å². The van der Waals surface area contributed by atoms with Crippen LogP contribution in [0.4, 0.5) is 5.69 Å². The van der Waals surface area contributed by atoms with Gasteiger partial charge in [-0.2, -0.15) is 0 Å². The van der Waals surface area contributed by atoms with Gasteiger partial charge in [-0.05, 0) is 39.0 Å². The molecule has 1 N–H and O–H groups in total. The van der Waals surface area contributed by atoms with E-state index in [1.807, 2.05) is 20.8 Å². The first kappa shape index (κ1) is 18.3. The van der Waals surface area contributed by atoms with Gasteiger partial charge in [-0.1, -0.05) is 11.6 Å². The van der Waals surface area contributed by atoms with Gasteiger partial charge in [0.2, 0.25) is 11.8 Å². The molecule has 0 saturated carbocycles. The smallest absolute Gasteiger partial charge is 0.226 e. The van der Waals surface area contributed by atoms with Crippen LogP contribution >= 0.6 is 11.6 Å². The monoisotopic (exact) mass is 326 g/mol. The van der Waals surface area contributed by atoms with E-state index in [0.29, 0.717) is 23.0 Å². The number of halogens is 1. The van der Waals surface area contributed by atoms with Crippen molar-refractivity contribution >= 4 is 29.1 Å². The van der Waals surface area contributed by atoms with E-state index < -0.39 is 0 Å². The summed E-state index contributed by atoms with van der Waals surface area (Å²) in [5, 5.41) is 3.27. The maximum atomic E-state index is 12.1. The van der Waals surface area contributed by atoms with Crippen molar-refractivity contribution in [3.8, 4) is 5.75 Å². The molecule has 0 radical (unpaired) electrons. The van der Waals surface area contributed by atoms with E-state index in [4.69, 9.17) is 16.3 Å². The number of benzene rings is 1. The van der Waals surface area contributed by atoms with Crippen LogP contribution in [0.5, 0.6) is 5.75 Å². The molecule has 0 spiro atoms. The van der Waals surface area contributed by atoms with Gasteiger partial charge in [-0.3, -0.25) is 9.59 Å². The van der Waals surface area contributed by atoms with Crippen LogP contribution < -0.4 is 10.1 Å². The number of ether oxygens (including phenoxy) is 1. The Morgan fingerprint density at radius 2 is 1.95 bits per heavy atom. The summed E-state index contributed by atoms with van der Waals surface area (Å²) in [6.45, 7) is 7.67.